The fraction of sp³-hybridized carbons (Fsp3) is 0.833. The van der Waals surface area contributed by atoms with Crippen LogP contribution in [0.5, 0.6) is 0 Å². The topological polar surface area (TPSA) is 50.1 Å². The van der Waals surface area contributed by atoms with Crippen molar-refractivity contribution in [3.8, 4) is 6.07 Å². The normalized spacial score (nSPS) is 45.1. The van der Waals surface area contributed by atoms with E-state index in [1.165, 1.54) is 44.9 Å². The molecule has 0 aliphatic heterocycles. The number of nitrogens with zero attached hydrogens (tertiary/aromatic N) is 1. The summed E-state index contributed by atoms with van der Waals surface area (Å²) in [6.45, 7) is 7.09. The van der Waals surface area contributed by atoms with E-state index in [2.05, 4.69) is 19.9 Å². The van der Waals surface area contributed by atoms with Gasteiger partial charge >= 0.3 is 5.97 Å². The highest BCUT2D eigenvalue weighted by Crippen LogP contribution is 2.67. The summed E-state index contributed by atoms with van der Waals surface area (Å²) in [5.74, 6) is 2.80. The van der Waals surface area contributed by atoms with Crippen molar-refractivity contribution < 1.29 is 9.53 Å². The fourth-order valence-corrected chi connectivity index (χ4v) is 7.96. The van der Waals surface area contributed by atoms with Crippen LogP contribution in [0.15, 0.2) is 11.1 Å². The molecule has 0 saturated heterocycles. The van der Waals surface area contributed by atoms with Gasteiger partial charge in [-0.2, -0.15) is 5.26 Å². The lowest BCUT2D eigenvalue weighted by atomic mass is 9.45. The van der Waals surface area contributed by atoms with Crippen LogP contribution in [0.2, 0.25) is 0 Å². The zero-order chi connectivity index (χ0) is 19.2. The Labute approximate surface area is 164 Å². The Balaban J connectivity index is 1.65. The highest BCUT2D eigenvalue weighted by molar-refractivity contribution is 5.94. The Hall–Kier alpha value is -1.30. The van der Waals surface area contributed by atoms with Gasteiger partial charge in [-0.25, -0.2) is 4.79 Å². The SMILES string of the molecule is CCOC(=O)/C(C#N)=C1\CC[C@@H]2[C@H]3CC[C@H]4CCCC[C@]4(C)[C@@H]3CC[C@]12C. The molecule has 3 nitrogen and oxygen atoms in total. The largest absolute Gasteiger partial charge is 0.462 e. The van der Waals surface area contributed by atoms with Crippen molar-refractivity contribution in [3.63, 3.8) is 0 Å². The molecule has 4 rings (SSSR count). The number of rotatable bonds is 2. The molecular formula is C24H35NO2. The van der Waals surface area contributed by atoms with Gasteiger partial charge in [0.2, 0.25) is 0 Å². The van der Waals surface area contributed by atoms with Crippen molar-refractivity contribution in [2.45, 2.75) is 85.0 Å². The molecule has 0 aromatic carbocycles. The van der Waals surface area contributed by atoms with Crippen LogP contribution >= 0.6 is 0 Å². The summed E-state index contributed by atoms with van der Waals surface area (Å²) < 4.78 is 5.21. The lowest BCUT2D eigenvalue weighted by molar-refractivity contribution is -0.138. The van der Waals surface area contributed by atoms with Crippen LogP contribution in [-0.2, 0) is 9.53 Å². The van der Waals surface area contributed by atoms with Gasteiger partial charge < -0.3 is 4.74 Å². The van der Waals surface area contributed by atoms with Gasteiger partial charge in [-0.15, -0.1) is 0 Å². The number of hydrogen-bond donors (Lipinski definition) is 0. The van der Waals surface area contributed by atoms with Gasteiger partial charge in [-0.05, 0) is 98.4 Å². The second kappa shape index (κ2) is 6.94. The first-order valence-corrected chi connectivity index (χ1v) is 11.3. The fourth-order valence-electron chi connectivity index (χ4n) is 7.96. The zero-order valence-corrected chi connectivity index (χ0v) is 17.4. The number of esters is 1. The van der Waals surface area contributed by atoms with Gasteiger partial charge in [0, 0.05) is 0 Å². The molecule has 0 bridgehead atoms. The monoisotopic (exact) mass is 369 g/mol. The quantitative estimate of drug-likeness (QED) is 0.351. The van der Waals surface area contributed by atoms with E-state index >= 15 is 0 Å². The van der Waals surface area contributed by atoms with Gasteiger partial charge in [0.1, 0.15) is 11.6 Å². The highest BCUT2D eigenvalue weighted by atomic mass is 16.5. The average Bonchev–Trinajstić information content (AvgIpc) is 2.99. The third-order valence-electron chi connectivity index (χ3n) is 9.26. The van der Waals surface area contributed by atoms with Crippen LogP contribution in [0.4, 0.5) is 0 Å². The summed E-state index contributed by atoms with van der Waals surface area (Å²) in [5.41, 5.74) is 1.99. The smallest absolute Gasteiger partial charge is 0.348 e. The summed E-state index contributed by atoms with van der Waals surface area (Å²) in [5, 5.41) is 9.71. The van der Waals surface area contributed by atoms with Crippen LogP contribution in [0.25, 0.3) is 0 Å². The van der Waals surface area contributed by atoms with Crippen molar-refractivity contribution in [1.29, 1.82) is 5.26 Å². The number of carbonyl (C=O) groups is 1. The van der Waals surface area contributed by atoms with E-state index in [9.17, 15) is 10.1 Å². The number of allylic oxidation sites excluding steroid dienone is 1. The standard InChI is InChI=1S/C24H35NO2/c1-4-27-22(26)18(15-25)20-11-10-19-17-9-8-16-7-5-6-13-23(16,2)21(17)12-14-24(19,20)3/h16-17,19,21H,4-14H2,1-3H3/b20-18+/t16-,17-,19-,21-,23+,24+/m1/s1. The van der Waals surface area contributed by atoms with Crippen molar-refractivity contribution in [2.24, 2.45) is 34.5 Å². The molecule has 0 unspecified atom stereocenters. The second-order valence-electron chi connectivity index (χ2n) is 10.1. The lowest BCUT2D eigenvalue weighted by Crippen LogP contribution is -2.52. The first kappa shape index (κ1) is 19.0. The molecule has 0 aromatic rings. The predicted molar refractivity (Wildman–Crippen MR) is 106 cm³/mol. The van der Waals surface area contributed by atoms with Crippen LogP contribution in [0.1, 0.15) is 85.0 Å². The van der Waals surface area contributed by atoms with Gasteiger partial charge in [0.25, 0.3) is 0 Å². The number of fused-ring (bicyclic) bond motifs is 5. The molecule has 4 saturated carbocycles. The van der Waals surface area contributed by atoms with Crippen LogP contribution < -0.4 is 0 Å². The van der Waals surface area contributed by atoms with E-state index in [4.69, 9.17) is 4.74 Å². The lowest BCUT2D eigenvalue weighted by Gasteiger charge is -2.60. The molecule has 0 radical (unpaired) electrons. The van der Waals surface area contributed by atoms with Crippen molar-refractivity contribution >= 4 is 5.97 Å². The number of nitriles is 1. The minimum Gasteiger partial charge on any atom is -0.462 e. The summed E-state index contributed by atoms with van der Waals surface area (Å²) in [6, 6.07) is 2.22. The number of ether oxygens (including phenoxy) is 1. The molecular weight excluding hydrogens is 334 g/mol. The van der Waals surface area contributed by atoms with E-state index in [-0.39, 0.29) is 5.41 Å². The molecule has 0 heterocycles. The molecule has 0 N–H and O–H groups in total. The summed E-state index contributed by atoms with van der Waals surface area (Å²) >= 11 is 0. The number of carbonyl (C=O) groups excluding carboxylic acids is 1. The summed E-state index contributed by atoms with van der Waals surface area (Å²) in [6.07, 6.45) is 12.9. The Bertz CT molecular complexity index is 689. The van der Waals surface area contributed by atoms with Crippen LogP contribution in [0.3, 0.4) is 0 Å². The maximum Gasteiger partial charge on any atom is 0.348 e. The Morgan fingerprint density at radius 1 is 1.11 bits per heavy atom. The highest BCUT2D eigenvalue weighted by Gasteiger charge is 2.59. The van der Waals surface area contributed by atoms with Crippen molar-refractivity contribution in [3.05, 3.63) is 11.1 Å². The van der Waals surface area contributed by atoms with E-state index in [1.807, 2.05) is 6.92 Å². The van der Waals surface area contributed by atoms with E-state index in [0.29, 0.717) is 23.5 Å². The molecule has 4 fully saturated rings. The van der Waals surface area contributed by atoms with Crippen molar-refractivity contribution in [2.75, 3.05) is 6.61 Å². The Morgan fingerprint density at radius 3 is 2.67 bits per heavy atom. The van der Waals surface area contributed by atoms with Crippen LogP contribution in [0, 0.1) is 45.8 Å². The van der Waals surface area contributed by atoms with Gasteiger partial charge in [0.05, 0.1) is 6.61 Å². The minimum absolute atomic E-state index is 0.0247. The third-order valence-corrected chi connectivity index (χ3v) is 9.26. The Morgan fingerprint density at radius 2 is 1.93 bits per heavy atom. The van der Waals surface area contributed by atoms with E-state index in [0.717, 1.165) is 42.6 Å². The van der Waals surface area contributed by atoms with Gasteiger partial charge in [-0.3, -0.25) is 0 Å². The third kappa shape index (κ3) is 2.78. The molecule has 6 atom stereocenters. The number of hydrogen-bond acceptors (Lipinski definition) is 3. The van der Waals surface area contributed by atoms with E-state index in [1.54, 1.807) is 0 Å². The molecule has 4 aliphatic carbocycles. The first-order valence-electron chi connectivity index (χ1n) is 11.3. The molecule has 0 amide bonds. The van der Waals surface area contributed by atoms with E-state index < -0.39 is 5.97 Å². The molecule has 0 aromatic heterocycles. The Kier molecular flexibility index (Phi) is 4.90. The predicted octanol–water partition coefficient (Wildman–Crippen LogP) is 5.80. The molecule has 148 valence electrons. The minimum atomic E-state index is -0.401. The summed E-state index contributed by atoms with van der Waals surface area (Å²) in [4.78, 5) is 12.4. The molecule has 27 heavy (non-hydrogen) atoms. The van der Waals surface area contributed by atoms with Crippen molar-refractivity contribution in [1.82, 2.24) is 0 Å². The zero-order valence-electron chi connectivity index (χ0n) is 17.4. The maximum absolute atomic E-state index is 12.4. The summed E-state index contributed by atoms with van der Waals surface area (Å²) in [7, 11) is 0. The average molecular weight is 370 g/mol. The maximum atomic E-state index is 12.4. The van der Waals surface area contributed by atoms with Gasteiger partial charge in [0.15, 0.2) is 0 Å². The molecule has 0 spiro atoms. The second-order valence-corrected chi connectivity index (χ2v) is 10.1. The molecule has 4 aliphatic rings. The molecule has 3 heteroatoms. The first-order chi connectivity index (χ1) is 13.0. The van der Waals surface area contributed by atoms with Gasteiger partial charge in [-0.1, -0.05) is 26.7 Å². The van der Waals surface area contributed by atoms with Crippen LogP contribution in [-0.4, -0.2) is 12.6 Å².